The van der Waals surface area contributed by atoms with Gasteiger partial charge in [0.15, 0.2) is 12.0 Å². The van der Waals surface area contributed by atoms with Gasteiger partial charge in [-0.25, -0.2) is 4.68 Å². The van der Waals surface area contributed by atoms with E-state index in [1.807, 2.05) is 13.8 Å². The first kappa shape index (κ1) is 14.5. The number of rotatable bonds is 6. The van der Waals surface area contributed by atoms with E-state index in [1.54, 1.807) is 29.9 Å². The average molecular weight is 277 g/mol. The van der Waals surface area contributed by atoms with Crippen LogP contribution in [-0.2, 0) is 12.1 Å². The fraction of sp³-hybridized carbons (Fsp3) is 0.500. The number of furan rings is 1. The highest BCUT2D eigenvalue weighted by Gasteiger charge is 2.27. The van der Waals surface area contributed by atoms with Gasteiger partial charge in [0.1, 0.15) is 23.6 Å². The second-order valence-electron chi connectivity index (χ2n) is 5.60. The van der Waals surface area contributed by atoms with Gasteiger partial charge < -0.3 is 9.52 Å². The van der Waals surface area contributed by atoms with Crippen LogP contribution < -0.4 is 0 Å². The smallest absolute Gasteiger partial charge is 0.185 e. The third-order valence-corrected chi connectivity index (χ3v) is 3.01. The van der Waals surface area contributed by atoms with Crippen LogP contribution in [0.2, 0.25) is 0 Å². The number of aliphatic hydroxyl groups is 1. The summed E-state index contributed by atoms with van der Waals surface area (Å²) in [5.41, 5.74) is -0.461. The van der Waals surface area contributed by atoms with Crippen molar-refractivity contribution in [1.82, 2.24) is 15.0 Å². The Balaban J connectivity index is 2.10. The van der Waals surface area contributed by atoms with Crippen LogP contribution in [0, 0.1) is 5.92 Å². The molecular weight excluding hydrogens is 258 g/mol. The molecule has 0 radical (unpaired) electrons. The van der Waals surface area contributed by atoms with Crippen LogP contribution in [0.5, 0.6) is 0 Å². The van der Waals surface area contributed by atoms with Gasteiger partial charge >= 0.3 is 0 Å². The lowest BCUT2D eigenvalue weighted by atomic mass is 9.92. The van der Waals surface area contributed by atoms with Crippen LogP contribution in [0.1, 0.15) is 49.2 Å². The molecule has 0 amide bonds. The van der Waals surface area contributed by atoms with Gasteiger partial charge in [-0.05, 0) is 31.4 Å². The van der Waals surface area contributed by atoms with Gasteiger partial charge in [0, 0.05) is 0 Å². The molecule has 2 rings (SSSR count). The van der Waals surface area contributed by atoms with E-state index in [0.717, 1.165) is 0 Å². The van der Waals surface area contributed by atoms with E-state index in [1.165, 1.54) is 0 Å². The molecule has 0 saturated carbocycles. The molecule has 1 atom stereocenters. The first-order valence-electron chi connectivity index (χ1n) is 6.57. The van der Waals surface area contributed by atoms with E-state index in [4.69, 9.17) is 4.42 Å². The van der Waals surface area contributed by atoms with Gasteiger partial charge in [-0.3, -0.25) is 4.79 Å². The first-order chi connectivity index (χ1) is 9.40. The van der Waals surface area contributed by atoms with Crippen molar-refractivity contribution >= 4 is 6.29 Å². The maximum Gasteiger partial charge on any atom is 0.185 e. The van der Waals surface area contributed by atoms with E-state index >= 15 is 0 Å². The molecule has 108 valence electrons. The molecule has 1 unspecified atom stereocenters. The average Bonchev–Trinajstić information content (AvgIpc) is 2.97. The van der Waals surface area contributed by atoms with Crippen LogP contribution >= 0.6 is 0 Å². The second-order valence-corrected chi connectivity index (χ2v) is 5.60. The van der Waals surface area contributed by atoms with Gasteiger partial charge in [0.05, 0.1) is 6.20 Å². The summed E-state index contributed by atoms with van der Waals surface area (Å²) in [6, 6.07) is 3.33. The normalized spacial score (nSPS) is 14.4. The van der Waals surface area contributed by atoms with Crippen molar-refractivity contribution in [2.45, 2.75) is 39.3 Å². The summed E-state index contributed by atoms with van der Waals surface area (Å²) >= 11 is 0. The largest absolute Gasteiger partial charge is 0.456 e. The number of hydrogen-bond acceptors (Lipinski definition) is 5. The summed E-state index contributed by atoms with van der Waals surface area (Å²) in [6.45, 7) is 6.20. The van der Waals surface area contributed by atoms with Gasteiger partial charge in [-0.1, -0.05) is 19.1 Å². The van der Waals surface area contributed by atoms with Crippen molar-refractivity contribution in [3.8, 4) is 0 Å². The van der Waals surface area contributed by atoms with E-state index in [-0.39, 0.29) is 5.76 Å². The summed E-state index contributed by atoms with van der Waals surface area (Å²) < 4.78 is 6.86. The van der Waals surface area contributed by atoms with Gasteiger partial charge in [-0.2, -0.15) is 0 Å². The van der Waals surface area contributed by atoms with Crippen LogP contribution in [-0.4, -0.2) is 26.4 Å². The molecule has 0 saturated heterocycles. The van der Waals surface area contributed by atoms with Crippen molar-refractivity contribution in [2.24, 2.45) is 5.92 Å². The zero-order valence-corrected chi connectivity index (χ0v) is 11.9. The lowest BCUT2D eigenvalue weighted by Gasteiger charge is -2.22. The maximum absolute atomic E-state index is 10.5. The third kappa shape index (κ3) is 3.33. The molecule has 0 aliphatic heterocycles. The van der Waals surface area contributed by atoms with Crippen molar-refractivity contribution < 1.29 is 14.3 Å². The predicted molar refractivity (Wildman–Crippen MR) is 72.2 cm³/mol. The molecule has 20 heavy (non-hydrogen) atoms. The number of aldehydes is 1. The minimum Gasteiger partial charge on any atom is -0.456 e. The second kappa shape index (κ2) is 5.58. The van der Waals surface area contributed by atoms with Crippen molar-refractivity contribution in [2.75, 3.05) is 0 Å². The Labute approximate surface area is 117 Å². The summed E-state index contributed by atoms with van der Waals surface area (Å²) in [7, 11) is 0. The van der Waals surface area contributed by atoms with Crippen LogP contribution in [0.4, 0.5) is 0 Å². The highest BCUT2D eigenvalue weighted by Crippen LogP contribution is 2.26. The highest BCUT2D eigenvalue weighted by atomic mass is 16.3. The van der Waals surface area contributed by atoms with Crippen LogP contribution in [0.3, 0.4) is 0 Å². The van der Waals surface area contributed by atoms with Gasteiger partial charge in [0.2, 0.25) is 0 Å². The standard InChI is InChI=1S/C14H19N3O3/c1-10(2)6-14(3,19)13-8-17(16-15-13)7-11-4-5-12(9-18)20-11/h4-5,8-10,19H,6-7H2,1-3H3. The summed E-state index contributed by atoms with van der Waals surface area (Å²) in [5, 5.41) is 18.4. The molecule has 2 aromatic rings. The lowest BCUT2D eigenvalue weighted by molar-refractivity contribution is 0.0304. The fourth-order valence-electron chi connectivity index (χ4n) is 2.22. The maximum atomic E-state index is 10.5. The number of nitrogens with zero attached hydrogens (tertiary/aromatic N) is 3. The molecule has 0 bridgehead atoms. The Morgan fingerprint density at radius 2 is 2.25 bits per heavy atom. The topological polar surface area (TPSA) is 81.2 Å². The molecule has 0 aliphatic carbocycles. The van der Waals surface area contributed by atoms with Crippen molar-refractivity contribution in [3.63, 3.8) is 0 Å². The minimum absolute atomic E-state index is 0.284. The molecular formula is C14H19N3O3. The Kier molecular flexibility index (Phi) is 4.04. The molecule has 6 heteroatoms. The number of carbonyl (C=O) groups excluding carboxylic acids is 1. The Morgan fingerprint density at radius 1 is 1.50 bits per heavy atom. The lowest BCUT2D eigenvalue weighted by Crippen LogP contribution is -2.24. The Bertz CT molecular complexity index is 584. The molecule has 0 aromatic carbocycles. The molecule has 2 aromatic heterocycles. The first-order valence-corrected chi connectivity index (χ1v) is 6.57. The monoisotopic (exact) mass is 277 g/mol. The summed E-state index contributed by atoms with van der Waals surface area (Å²) in [4.78, 5) is 10.5. The third-order valence-electron chi connectivity index (χ3n) is 3.01. The molecule has 1 N–H and O–H groups in total. The molecule has 0 aliphatic rings. The zero-order chi connectivity index (χ0) is 14.8. The van der Waals surface area contributed by atoms with E-state index in [2.05, 4.69) is 10.3 Å². The van der Waals surface area contributed by atoms with Crippen LogP contribution in [0.15, 0.2) is 22.7 Å². The van der Waals surface area contributed by atoms with E-state index < -0.39 is 5.60 Å². The fourth-order valence-corrected chi connectivity index (χ4v) is 2.22. The van der Waals surface area contributed by atoms with Crippen LogP contribution in [0.25, 0.3) is 0 Å². The Hall–Kier alpha value is -1.95. The van der Waals surface area contributed by atoms with Gasteiger partial charge in [0.25, 0.3) is 0 Å². The quantitative estimate of drug-likeness (QED) is 0.816. The van der Waals surface area contributed by atoms with Gasteiger partial charge in [-0.15, -0.1) is 5.10 Å². The number of aromatic nitrogens is 3. The van der Waals surface area contributed by atoms with Crippen molar-refractivity contribution in [3.05, 3.63) is 35.5 Å². The predicted octanol–water partition coefficient (Wildman–Crippen LogP) is 1.99. The summed E-state index contributed by atoms with van der Waals surface area (Å²) in [5.74, 6) is 1.26. The Morgan fingerprint density at radius 3 is 2.85 bits per heavy atom. The highest BCUT2D eigenvalue weighted by molar-refractivity contribution is 5.70. The summed E-state index contributed by atoms with van der Waals surface area (Å²) in [6.07, 6.45) is 2.97. The molecule has 2 heterocycles. The van der Waals surface area contributed by atoms with E-state index in [0.29, 0.717) is 36.6 Å². The SMILES string of the molecule is CC(C)CC(C)(O)c1cn(Cc2ccc(C=O)o2)nn1. The van der Waals surface area contributed by atoms with Crippen molar-refractivity contribution in [1.29, 1.82) is 0 Å². The number of carbonyl (C=O) groups is 1. The van der Waals surface area contributed by atoms with E-state index in [9.17, 15) is 9.90 Å². The molecule has 6 nitrogen and oxygen atoms in total. The minimum atomic E-state index is -0.996. The number of hydrogen-bond donors (Lipinski definition) is 1. The molecule has 0 spiro atoms. The molecule has 0 fully saturated rings. The zero-order valence-electron chi connectivity index (χ0n) is 11.9.